The number of rotatable bonds is 3. The lowest BCUT2D eigenvalue weighted by molar-refractivity contribution is 0.194. The zero-order valence-electron chi connectivity index (χ0n) is 9.60. The molecule has 84 valence electrons. The molecule has 0 heterocycles. The maximum absolute atomic E-state index is 9.41. The average Bonchev–Trinajstić information content (AvgIpc) is 2.14. The highest BCUT2D eigenvalue weighted by molar-refractivity contribution is 9.10. The number of aliphatic hydroxyl groups excluding tert-OH is 1. The second-order valence-corrected chi connectivity index (χ2v) is 4.67. The second kappa shape index (κ2) is 4.99. The number of hydrogen-bond donors (Lipinski definition) is 1. The second-order valence-electron chi connectivity index (χ2n) is 3.88. The molecule has 0 saturated carbocycles. The Morgan fingerprint density at radius 2 is 2.07 bits per heavy atom. The van der Waals surface area contributed by atoms with Crippen LogP contribution >= 0.6 is 15.9 Å². The molecule has 15 heavy (non-hydrogen) atoms. The summed E-state index contributed by atoms with van der Waals surface area (Å²) >= 11 is 3.53. The smallest absolute Gasteiger partial charge is 0.136 e. The predicted molar refractivity (Wildman–Crippen MR) is 65.6 cm³/mol. The SMILES string of the molecule is COc1c(CC(C)O)cc(C)c(C)c1Br. The Kier molecular flexibility index (Phi) is 4.17. The highest BCUT2D eigenvalue weighted by atomic mass is 79.9. The molecule has 0 aliphatic carbocycles. The van der Waals surface area contributed by atoms with Gasteiger partial charge in [-0.1, -0.05) is 6.07 Å². The Morgan fingerprint density at radius 3 is 2.53 bits per heavy atom. The van der Waals surface area contributed by atoms with Gasteiger partial charge >= 0.3 is 0 Å². The summed E-state index contributed by atoms with van der Waals surface area (Å²) in [6, 6.07) is 2.08. The summed E-state index contributed by atoms with van der Waals surface area (Å²) in [7, 11) is 1.65. The number of aryl methyl sites for hydroxylation is 1. The zero-order valence-corrected chi connectivity index (χ0v) is 11.2. The van der Waals surface area contributed by atoms with E-state index in [4.69, 9.17) is 4.74 Å². The van der Waals surface area contributed by atoms with Gasteiger partial charge in [0, 0.05) is 6.42 Å². The first-order valence-corrected chi connectivity index (χ1v) is 5.77. The number of aliphatic hydroxyl groups is 1. The van der Waals surface area contributed by atoms with Crippen LogP contribution in [-0.2, 0) is 6.42 Å². The van der Waals surface area contributed by atoms with Gasteiger partial charge in [0.2, 0.25) is 0 Å². The molecule has 1 atom stereocenters. The molecule has 0 aromatic heterocycles. The Morgan fingerprint density at radius 1 is 1.47 bits per heavy atom. The lowest BCUT2D eigenvalue weighted by Crippen LogP contribution is -2.07. The van der Waals surface area contributed by atoms with Crippen LogP contribution in [0.3, 0.4) is 0 Å². The van der Waals surface area contributed by atoms with E-state index >= 15 is 0 Å². The van der Waals surface area contributed by atoms with Crippen LogP contribution in [0.5, 0.6) is 5.75 Å². The molecule has 1 unspecified atom stereocenters. The van der Waals surface area contributed by atoms with Crippen molar-refractivity contribution in [1.29, 1.82) is 0 Å². The molecule has 2 nitrogen and oxygen atoms in total. The van der Waals surface area contributed by atoms with E-state index in [0.717, 1.165) is 15.8 Å². The molecule has 0 aliphatic rings. The monoisotopic (exact) mass is 272 g/mol. The maximum Gasteiger partial charge on any atom is 0.136 e. The van der Waals surface area contributed by atoms with Crippen LogP contribution in [-0.4, -0.2) is 18.3 Å². The minimum absolute atomic E-state index is 0.354. The molecule has 0 radical (unpaired) electrons. The van der Waals surface area contributed by atoms with E-state index in [9.17, 15) is 5.11 Å². The van der Waals surface area contributed by atoms with E-state index in [1.165, 1.54) is 11.1 Å². The lowest BCUT2D eigenvalue weighted by atomic mass is 10.0. The summed E-state index contributed by atoms with van der Waals surface area (Å²) in [5.74, 6) is 0.832. The molecule has 3 heteroatoms. The van der Waals surface area contributed by atoms with Gasteiger partial charge in [0.15, 0.2) is 0 Å². The van der Waals surface area contributed by atoms with Crippen LogP contribution in [0.15, 0.2) is 10.5 Å². The maximum atomic E-state index is 9.41. The number of halogens is 1. The molecule has 1 N–H and O–H groups in total. The highest BCUT2D eigenvalue weighted by Gasteiger charge is 2.13. The van der Waals surface area contributed by atoms with Crippen LogP contribution < -0.4 is 4.74 Å². The van der Waals surface area contributed by atoms with Crippen molar-refractivity contribution >= 4 is 15.9 Å². The Bertz CT molecular complexity index is 359. The van der Waals surface area contributed by atoms with E-state index in [2.05, 4.69) is 28.9 Å². The molecule has 0 saturated heterocycles. The third-order valence-electron chi connectivity index (χ3n) is 2.52. The third-order valence-corrected chi connectivity index (χ3v) is 3.48. The molecular formula is C12H17BrO2. The van der Waals surface area contributed by atoms with Crippen molar-refractivity contribution in [3.63, 3.8) is 0 Å². The Balaban J connectivity index is 3.25. The number of ether oxygens (including phenoxy) is 1. The van der Waals surface area contributed by atoms with E-state index in [0.29, 0.717) is 6.42 Å². The molecule has 0 fully saturated rings. The summed E-state index contributed by atoms with van der Waals surface area (Å²) in [4.78, 5) is 0. The Hall–Kier alpha value is -0.540. The number of methoxy groups -OCH3 is 1. The first-order chi connectivity index (χ1) is 6.97. The first kappa shape index (κ1) is 12.5. The largest absolute Gasteiger partial charge is 0.495 e. The van der Waals surface area contributed by atoms with E-state index in [1.807, 2.05) is 6.92 Å². The van der Waals surface area contributed by atoms with Crippen molar-refractivity contribution in [2.75, 3.05) is 7.11 Å². The molecule has 1 rings (SSSR count). The molecule has 0 bridgehead atoms. The van der Waals surface area contributed by atoms with E-state index in [-0.39, 0.29) is 6.10 Å². The van der Waals surface area contributed by atoms with Gasteiger partial charge in [0.1, 0.15) is 5.75 Å². The van der Waals surface area contributed by atoms with Crippen molar-refractivity contribution in [2.24, 2.45) is 0 Å². The van der Waals surface area contributed by atoms with Gasteiger partial charge in [-0.2, -0.15) is 0 Å². The molecule has 0 spiro atoms. The predicted octanol–water partition coefficient (Wildman–Crippen LogP) is 3.00. The van der Waals surface area contributed by atoms with E-state index in [1.54, 1.807) is 14.0 Å². The van der Waals surface area contributed by atoms with Crippen molar-refractivity contribution in [1.82, 2.24) is 0 Å². The zero-order chi connectivity index (χ0) is 11.6. The van der Waals surface area contributed by atoms with E-state index < -0.39 is 0 Å². The van der Waals surface area contributed by atoms with Crippen molar-refractivity contribution in [3.8, 4) is 5.75 Å². The first-order valence-electron chi connectivity index (χ1n) is 4.98. The minimum atomic E-state index is -0.354. The fourth-order valence-corrected chi connectivity index (χ4v) is 2.34. The van der Waals surface area contributed by atoms with Crippen LogP contribution in [0.4, 0.5) is 0 Å². The van der Waals surface area contributed by atoms with Gasteiger partial charge in [-0.15, -0.1) is 0 Å². The summed E-state index contributed by atoms with van der Waals surface area (Å²) in [5.41, 5.74) is 3.43. The fraction of sp³-hybridized carbons (Fsp3) is 0.500. The van der Waals surface area contributed by atoms with Gasteiger partial charge in [-0.05, 0) is 53.4 Å². The summed E-state index contributed by atoms with van der Waals surface area (Å²) < 4.78 is 6.34. The number of hydrogen-bond acceptors (Lipinski definition) is 2. The highest BCUT2D eigenvalue weighted by Crippen LogP contribution is 2.34. The van der Waals surface area contributed by atoms with Gasteiger partial charge in [-0.3, -0.25) is 0 Å². The summed E-state index contributed by atoms with van der Waals surface area (Å²) in [6.07, 6.45) is 0.260. The van der Waals surface area contributed by atoms with Gasteiger partial charge in [0.05, 0.1) is 17.7 Å². The van der Waals surface area contributed by atoms with Gasteiger partial charge in [-0.25, -0.2) is 0 Å². The van der Waals surface area contributed by atoms with Crippen LogP contribution in [0.1, 0.15) is 23.6 Å². The third kappa shape index (κ3) is 2.73. The molecule has 0 aliphatic heterocycles. The van der Waals surface area contributed by atoms with Crippen LogP contribution in [0, 0.1) is 13.8 Å². The van der Waals surface area contributed by atoms with Gasteiger partial charge < -0.3 is 9.84 Å². The molecule has 1 aromatic rings. The lowest BCUT2D eigenvalue weighted by Gasteiger charge is -2.15. The van der Waals surface area contributed by atoms with Crippen molar-refractivity contribution in [2.45, 2.75) is 33.3 Å². The fourth-order valence-electron chi connectivity index (χ4n) is 1.61. The van der Waals surface area contributed by atoms with Crippen LogP contribution in [0.25, 0.3) is 0 Å². The molecule has 0 amide bonds. The molecule has 1 aromatic carbocycles. The minimum Gasteiger partial charge on any atom is -0.495 e. The normalized spacial score (nSPS) is 12.7. The van der Waals surface area contributed by atoms with Gasteiger partial charge in [0.25, 0.3) is 0 Å². The topological polar surface area (TPSA) is 29.5 Å². The Labute approximate surface area is 99.4 Å². The molecular weight excluding hydrogens is 256 g/mol. The average molecular weight is 273 g/mol. The quantitative estimate of drug-likeness (QED) is 0.917. The van der Waals surface area contributed by atoms with Crippen molar-refractivity contribution < 1.29 is 9.84 Å². The summed E-state index contributed by atoms with van der Waals surface area (Å²) in [5, 5.41) is 9.41. The van der Waals surface area contributed by atoms with Crippen LogP contribution in [0.2, 0.25) is 0 Å². The van der Waals surface area contributed by atoms with Crippen molar-refractivity contribution in [3.05, 3.63) is 27.2 Å². The standard InChI is InChI=1S/C12H17BrO2/c1-7-5-10(6-8(2)14)12(15-4)11(13)9(7)3/h5,8,14H,6H2,1-4H3. The number of benzene rings is 1. The summed E-state index contributed by atoms with van der Waals surface area (Å²) in [6.45, 7) is 5.89.